The van der Waals surface area contributed by atoms with Crippen molar-refractivity contribution in [1.82, 2.24) is 5.32 Å². The topological polar surface area (TPSA) is 64.4 Å². The molecule has 16 heavy (non-hydrogen) atoms. The van der Waals surface area contributed by atoms with Crippen LogP contribution in [0.4, 0.5) is 0 Å². The first-order chi connectivity index (χ1) is 7.32. The summed E-state index contributed by atoms with van der Waals surface area (Å²) in [7, 11) is 1.68. The molecular formula is C12H26N2O2. The molecular weight excluding hydrogens is 204 g/mol. The highest BCUT2D eigenvalue weighted by Gasteiger charge is 2.22. The lowest BCUT2D eigenvalue weighted by Gasteiger charge is -2.27. The molecule has 0 saturated heterocycles. The monoisotopic (exact) mass is 230 g/mol. The van der Waals surface area contributed by atoms with Gasteiger partial charge in [-0.1, -0.05) is 13.3 Å². The first kappa shape index (κ1) is 15.4. The van der Waals surface area contributed by atoms with Crippen LogP contribution in [0.3, 0.4) is 0 Å². The normalized spacial score (nSPS) is 15.6. The third-order valence-electron chi connectivity index (χ3n) is 2.68. The zero-order chi connectivity index (χ0) is 12.8. The van der Waals surface area contributed by atoms with E-state index in [1.54, 1.807) is 7.11 Å². The third-order valence-corrected chi connectivity index (χ3v) is 2.68. The van der Waals surface area contributed by atoms with Gasteiger partial charge in [-0.05, 0) is 33.6 Å². The number of rotatable bonds is 7. The predicted molar refractivity (Wildman–Crippen MR) is 66.2 cm³/mol. The molecule has 0 heterocycles. The van der Waals surface area contributed by atoms with Crippen LogP contribution >= 0.6 is 0 Å². The van der Waals surface area contributed by atoms with Crippen LogP contribution in [0.15, 0.2) is 0 Å². The molecule has 0 fully saturated rings. The van der Waals surface area contributed by atoms with E-state index in [0.29, 0.717) is 0 Å². The predicted octanol–water partition coefficient (Wildman–Crippen LogP) is 1.43. The van der Waals surface area contributed by atoms with Crippen molar-refractivity contribution in [3.8, 4) is 0 Å². The molecule has 2 unspecified atom stereocenters. The average molecular weight is 230 g/mol. The number of nitrogens with one attached hydrogen (secondary N) is 1. The highest BCUT2D eigenvalue weighted by molar-refractivity contribution is 5.81. The van der Waals surface area contributed by atoms with Gasteiger partial charge in [0.1, 0.15) is 0 Å². The molecule has 96 valence electrons. The number of amides is 1. The van der Waals surface area contributed by atoms with Crippen LogP contribution in [-0.2, 0) is 9.53 Å². The molecule has 0 radical (unpaired) electrons. The second kappa shape index (κ2) is 6.86. The first-order valence-corrected chi connectivity index (χ1v) is 5.93. The van der Waals surface area contributed by atoms with Crippen LogP contribution < -0.4 is 11.1 Å². The maximum atomic E-state index is 11.6. The summed E-state index contributed by atoms with van der Waals surface area (Å²) in [6.45, 7) is 7.99. The number of carbonyl (C=O) groups is 1. The fourth-order valence-electron chi connectivity index (χ4n) is 1.66. The van der Waals surface area contributed by atoms with Crippen molar-refractivity contribution >= 4 is 5.91 Å². The number of ether oxygens (including phenoxy) is 1. The molecule has 4 heteroatoms. The summed E-state index contributed by atoms with van der Waals surface area (Å²) < 4.78 is 5.32. The molecule has 1 amide bonds. The smallest absolute Gasteiger partial charge is 0.237 e. The van der Waals surface area contributed by atoms with Gasteiger partial charge in [-0.25, -0.2) is 0 Å². The van der Waals surface area contributed by atoms with Gasteiger partial charge in [0.25, 0.3) is 0 Å². The molecule has 0 aromatic carbocycles. The summed E-state index contributed by atoms with van der Waals surface area (Å²) in [4.78, 5) is 11.6. The van der Waals surface area contributed by atoms with Crippen LogP contribution in [0.1, 0.15) is 47.0 Å². The number of methoxy groups -OCH3 is 1. The minimum absolute atomic E-state index is 0.0683. The van der Waals surface area contributed by atoms with E-state index in [1.165, 1.54) is 0 Å². The number of hydrogen-bond donors (Lipinski definition) is 2. The van der Waals surface area contributed by atoms with Crippen molar-refractivity contribution in [2.45, 2.75) is 64.6 Å². The third kappa shape index (κ3) is 6.08. The van der Waals surface area contributed by atoms with Gasteiger partial charge in [0.15, 0.2) is 0 Å². The molecule has 2 atom stereocenters. The van der Waals surface area contributed by atoms with Gasteiger partial charge < -0.3 is 15.8 Å². The van der Waals surface area contributed by atoms with Crippen LogP contribution in [-0.4, -0.2) is 30.7 Å². The Balaban J connectivity index is 4.05. The Bertz CT molecular complexity index is 217. The van der Waals surface area contributed by atoms with Crippen LogP contribution in [0.5, 0.6) is 0 Å². The minimum Gasteiger partial charge on any atom is -0.379 e. The highest BCUT2D eigenvalue weighted by Crippen LogP contribution is 2.15. The maximum Gasteiger partial charge on any atom is 0.237 e. The molecule has 0 aliphatic heterocycles. The van der Waals surface area contributed by atoms with Gasteiger partial charge in [-0.2, -0.15) is 0 Å². The Morgan fingerprint density at radius 2 is 2.06 bits per heavy atom. The lowest BCUT2D eigenvalue weighted by Crippen LogP contribution is -2.46. The summed E-state index contributed by atoms with van der Waals surface area (Å²) >= 11 is 0. The van der Waals surface area contributed by atoms with Crippen molar-refractivity contribution in [2.24, 2.45) is 5.73 Å². The average Bonchev–Trinajstić information content (AvgIpc) is 2.17. The Labute approximate surface area is 98.9 Å². The van der Waals surface area contributed by atoms with E-state index in [-0.39, 0.29) is 17.6 Å². The Morgan fingerprint density at radius 1 is 1.50 bits per heavy atom. The summed E-state index contributed by atoms with van der Waals surface area (Å²) in [6.07, 6.45) is 2.42. The van der Waals surface area contributed by atoms with Crippen LogP contribution in [0.25, 0.3) is 0 Å². The van der Waals surface area contributed by atoms with Gasteiger partial charge in [-0.3, -0.25) is 4.79 Å². The number of carbonyl (C=O) groups excluding carboxylic acids is 1. The summed E-state index contributed by atoms with van der Waals surface area (Å²) in [5.74, 6) is -0.0683. The van der Waals surface area contributed by atoms with Crippen LogP contribution in [0.2, 0.25) is 0 Å². The van der Waals surface area contributed by atoms with Crippen molar-refractivity contribution in [1.29, 1.82) is 0 Å². The SMILES string of the molecule is CCCC(N)C(=O)NC(C)CC(C)(C)OC. The standard InChI is InChI=1S/C12H26N2O2/c1-6-7-10(13)11(15)14-9(2)8-12(3,4)16-5/h9-10H,6-8,13H2,1-5H3,(H,14,15). The van der Waals surface area contributed by atoms with Crippen molar-refractivity contribution in [3.63, 3.8) is 0 Å². The molecule has 0 aromatic heterocycles. The first-order valence-electron chi connectivity index (χ1n) is 5.93. The zero-order valence-corrected chi connectivity index (χ0v) is 11.2. The molecule has 4 nitrogen and oxygen atoms in total. The largest absolute Gasteiger partial charge is 0.379 e. The van der Waals surface area contributed by atoms with E-state index in [4.69, 9.17) is 10.5 Å². The molecule has 0 bridgehead atoms. The fourth-order valence-corrected chi connectivity index (χ4v) is 1.66. The van der Waals surface area contributed by atoms with Gasteiger partial charge >= 0.3 is 0 Å². The second-order valence-corrected chi connectivity index (χ2v) is 4.97. The van der Waals surface area contributed by atoms with E-state index in [1.807, 2.05) is 27.7 Å². The molecule has 3 N–H and O–H groups in total. The quantitative estimate of drug-likeness (QED) is 0.695. The Hall–Kier alpha value is -0.610. The molecule has 0 rings (SSSR count). The number of nitrogens with two attached hydrogens (primary N) is 1. The molecule has 0 aliphatic rings. The van der Waals surface area contributed by atoms with Crippen molar-refractivity contribution < 1.29 is 9.53 Å². The van der Waals surface area contributed by atoms with E-state index in [9.17, 15) is 4.79 Å². The van der Waals surface area contributed by atoms with E-state index in [0.717, 1.165) is 19.3 Å². The lowest BCUT2D eigenvalue weighted by molar-refractivity contribution is -0.123. The van der Waals surface area contributed by atoms with Crippen molar-refractivity contribution in [3.05, 3.63) is 0 Å². The molecule has 0 aromatic rings. The highest BCUT2D eigenvalue weighted by atomic mass is 16.5. The van der Waals surface area contributed by atoms with E-state index >= 15 is 0 Å². The van der Waals surface area contributed by atoms with E-state index < -0.39 is 6.04 Å². The maximum absolute atomic E-state index is 11.6. The van der Waals surface area contributed by atoms with Gasteiger partial charge in [0.05, 0.1) is 11.6 Å². The van der Waals surface area contributed by atoms with Gasteiger partial charge in [-0.15, -0.1) is 0 Å². The van der Waals surface area contributed by atoms with Gasteiger partial charge in [0.2, 0.25) is 5.91 Å². The van der Waals surface area contributed by atoms with Gasteiger partial charge in [0, 0.05) is 13.2 Å². The second-order valence-electron chi connectivity index (χ2n) is 4.97. The lowest BCUT2D eigenvalue weighted by atomic mass is 9.99. The molecule has 0 spiro atoms. The fraction of sp³-hybridized carbons (Fsp3) is 0.917. The van der Waals surface area contributed by atoms with E-state index in [2.05, 4.69) is 5.32 Å². The Kier molecular flexibility index (Phi) is 6.60. The minimum atomic E-state index is -0.391. The van der Waals surface area contributed by atoms with Crippen LogP contribution in [0, 0.1) is 0 Å². The summed E-state index contributed by atoms with van der Waals surface area (Å²) in [6, 6.07) is -0.316. The summed E-state index contributed by atoms with van der Waals surface area (Å²) in [5.41, 5.74) is 5.51. The Morgan fingerprint density at radius 3 is 2.50 bits per heavy atom. The van der Waals surface area contributed by atoms with Crippen molar-refractivity contribution in [2.75, 3.05) is 7.11 Å². The zero-order valence-electron chi connectivity index (χ0n) is 11.2. The summed E-state index contributed by atoms with van der Waals surface area (Å²) in [5, 5.41) is 2.91. The molecule has 0 saturated carbocycles. The molecule has 0 aliphatic carbocycles. The number of hydrogen-bond acceptors (Lipinski definition) is 3.